The van der Waals surface area contributed by atoms with Gasteiger partial charge in [0.15, 0.2) is 0 Å². The molecule has 0 spiro atoms. The maximum atomic E-state index is 12.1. The zero-order valence-corrected chi connectivity index (χ0v) is 13.5. The number of carbonyl (C=O) groups excluding carboxylic acids is 1. The molecule has 0 bridgehead atoms. The summed E-state index contributed by atoms with van der Waals surface area (Å²) in [5, 5.41) is 13.3. The quantitative estimate of drug-likeness (QED) is 0.825. The zero-order valence-electron chi connectivity index (χ0n) is 13.5. The average Bonchev–Trinajstić information content (AvgIpc) is 2.53. The van der Waals surface area contributed by atoms with Crippen molar-refractivity contribution in [2.45, 2.75) is 25.9 Å². The number of ether oxygens (including phenoxy) is 1. The van der Waals surface area contributed by atoms with Crippen LogP contribution in [0.2, 0.25) is 0 Å². The standard InChI is InChI=1S/C17H26N2O3/c1-3-14-4-6-15(7-5-14)16(20)18-12-17(2,21)13-19-8-10-22-11-9-19/h4-7,21H,3,8-13H2,1-2H3,(H,18,20). The minimum absolute atomic E-state index is 0.148. The van der Waals surface area contributed by atoms with Crippen molar-refractivity contribution in [2.75, 3.05) is 39.4 Å². The van der Waals surface area contributed by atoms with E-state index in [0.717, 1.165) is 19.5 Å². The lowest BCUT2D eigenvalue weighted by Gasteiger charge is -2.33. The highest BCUT2D eigenvalue weighted by molar-refractivity contribution is 5.94. The minimum Gasteiger partial charge on any atom is -0.387 e. The molecule has 1 unspecified atom stereocenters. The third-order valence-corrected chi connectivity index (χ3v) is 3.92. The molecule has 1 aromatic rings. The maximum absolute atomic E-state index is 12.1. The first-order chi connectivity index (χ1) is 10.5. The number of amides is 1. The zero-order chi connectivity index (χ0) is 16.0. The van der Waals surface area contributed by atoms with Gasteiger partial charge >= 0.3 is 0 Å². The van der Waals surface area contributed by atoms with Gasteiger partial charge in [0.2, 0.25) is 0 Å². The van der Waals surface area contributed by atoms with Crippen LogP contribution in [-0.4, -0.2) is 60.9 Å². The van der Waals surface area contributed by atoms with Crippen molar-refractivity contribution in [3.05, 3.63) is 35.4 Å². The fraction of sp³-hybridized carbons (Fsp3) is 0.588. The first-order valence-corrected chi connectivity index (χ1v) is 7.90. The summed E-state index contributed by atoms with van der Waals surface area (Å²) in [5.74, 6) is -0.148. The molecular formula is C17H26N2O3. The van der Waals surface area contributed by atoms with Crippen molar-refractivity contribution in [3.8, 4) is 0 Å². The van der Waals surface area contributed by atoms with Gasteiger partial charge in [0.1, 0.15) is 0 Å². The lowest BCUT2D eigenvalue weighted by molar-refractivity contribution is -0.0213. The van der Waals surface area contributed by atoms with Crippen LogP contribution in [0, 0.1) is 0 Å². The summed E-state index contributed by atoms with van der Waals surface area (Å²) in [6.45, 7) is 7.65. The van der Waals surface area contributed by atoms with Crippen LogP contribution in [0.3, 0.4) is 0 Å². The predicted octanol–water partition coefficient (Wildman–Crippen LogP) is 1.06. The molecule has 1 saturated heterocycles. The van der Waals surface area contributed by atoms with Gasteiger partial charge in [0.25, 0.3) is 5.91 Å². The molecule has 2 rings (SSSR count). The Morgan fingerprint density at radius 3 is 2.55 bits per heavy atom. The van der Waals surface area contributed by atoms with Gasteiger partial charge < -0.3 is 15.2 Å². The van der Waals surface area contributed by atoms with E-state index in [4.69, 9.17) is 4.74 Å². The summed E-state index contributed by atoms with van der Waals surface area (Å²) >= 11 is 0. The van der Waals surface area contributed by atoms with Crippen LogP contribution in [0.25, 0.3) is 0 Å². The molecule has 5 heteroatoms. The Kier molecular flexibility index (Phi) is 5.94. The smallest absolute Gasteiger partial charge is 0.251 e. The van der Waals surface area contributed by atoms with Crippen molar-refractivity contribution in [1.29, 1.82) is 0 Å². The van der Waals surface area contributed by atoms with E-state index in [2.05, 4.69) is 17.1 Å². The van der Waals surface area contributed by atoms with Gasteiger partial charge in [0, 0.05) is 31.7 Å². The number of morpholine rings is 1. The van der Waals surface area contributed by atoms with Crippen molar-refractivity contribution >= 4 is 5.91 Å². The van der Waals surface area contributed by atoms with Crippen molar-refractivity contribution in [1.82, 2.24) is 10.2 Å². The van der Waals surface area contributed by atoms with E-state index in [1.165, 1.54) is 5.56 Å². The molecular weight excluding hydrogens is 280 g/mol. The first kappa shape index (κ1) is 16.9. The van der Waals surface area contributed by atoms with Crippen molar-refractivity contribution in [2.24, 2.45) is 0 Å². The van der Waals surface area contributed by atoms with E-state index in [0.29, 0.717) is 25.3 Å². The molecule has 0 aliphatic carbocycles. The fourth-order valence-electron chi connectivity index (χ4n) is 2.56. The number of nitrogens with zero attached hydrogens (tertiary/aromatic N) is 1. The maximum Gasteiger partial charge on any atom is 0.251 e. The van der Waals surface area contributed by atoms with Crippen LogP contribution in [0.5, 0.6) is 0 Å². The molecule has 1 atom stereocenters. The fourth-order valence-corrected chi connectivity index (χ4v) is 2.56. The molecule has 1 aliphatic rings. The Balaban J connectivity index is 1.82. The van der Waals surface area contributed by atoms with E-state index in [1.807, 2.05) is 24.3 Å². The number of benzene rings is 1. The Bertz CT molecular complexity index is 479. The highest BCUT2D eigenvalue weighted by atomic mass is 16.5. The number of β-amino-alcohol motifs (C(OH)–C–C–N with tert-alkyl or cyclic N) is 1. The minimum atomic E-state index is -0.948. The normalized spacial score (nSPS) is 18.7. The lowest BCUT2D eigenvalue weighted by Crippen LogP contribution is -2.51. The van der Waals surface area contributed by atoms with Gasteiger partial charge in [-0.2, -0.15) is 0 Å². The summed E-state index contributed by atoms with van der Waals surface area (Å²) < 4.78 is 5.30. The summed E-state index contributed by atoms with van der Waals surface area (Å²) in [6, 6.07) is 7.57. The summed E-state index contributed by atoms with van der Waals surface area (Å²) in [7, 11) is 0. The molecule has 2 N–H and O–H groups in total. The number of aliphatic hydroxyl groups is 1. The Hall–Kier alpha value is -1.43. The van der Waals surface area contributed by atoms with Gasteiger partial charge in [-0.25, -0.2) is 0 Å². The number of carbonyl (C=O) groups is 1. The molecule has 5 nitrogen and oxygen atoms in total. The van der Waals surface area contributed by atoms with E-state index >= 15 is 0 Å². The SMILES string of the molecule is CCc1ccc(C(=O)NCC(C)(O)CN2CCOCC2)cc1. The molecule has 1 fully saturated rings. The topological polar surface area (TPSA) is 61.8 Å². The second-order valence-corrected chi connectivity index (χ2v) is 6.12. The predicted molar refractivity (Wildman–Crippen MR) is 86.0 cm³/mol. The average molecular weight is 306 g/mol. The number of hydrogen-bond acceptors (Lipinski definition) is 4. The molecule has 0 aromatic heterocycles. The molecule has 1 aromatic carbocycles. The second-order valence-electron chi connectivity index (χ2n) is 6.12. The molecule has 122 valence electrons. The van der Waals surface area contributed by atoms with Crippen molar-refractivity contribution < 1.29 is 14.6 Å². The van der Waals surface area contributed by atoms with Gasteiger partial charge in [0.05, 0.1) is 18.8 Å². The first-order valence-electron chi connectivity index (χ1n) is 7.90. The van der Waals surface area contributed by atoms with E-state index in [1.54, 1.807) is 6.92 Å². The molecule has 1 amide bonds. The Labute approximate surface area is 132 Å². The van der Waals surface area contributed by atoms with E-state index < -0.39 is 5.60 Å². The van der Waals surface area contributed by atoms with Gasteiger partial charge in [-0.05, 0) is 31.0 Å². The number of rotatable bonds is 6. The van der Waals surface area contributed by atoms with Crippen LogP contribution in [0.1, 0.15) is 29.8 Å². The Morgan fingerprint density at radius 1 is 1.32 bits per heavy atom. The molecule has 0 radical (unpaired) electrons. The molecule has 1 heterocycles. The van der Waals surface area contributed by atoms with Gasteiger partial charge in [-0.15, -0.1) is 0 Å². The Morgan fingerprint density at radius 2 is 1.95 bits per heavy atom. The van der Waals surface area contributed by atoms with Crippen LogP contribution in [0.15, 0.2) is 24.3 Å². The van der Waals surface area contributed by atoms with Crippen LogP contribution < -0.4 is 5.32 Å². The summed E-state index contributed by atoms with van der Waals surface area (Å²) in [4.78, 5) is 14.3. The highest BCUT2D eigenvalue weighted by Gasteiger charge is 2.26. The van der Waals surface area contributed by atoms with Crippen molar-refractivity contribution in [3.63, 3.8) is 0 Å². The van der Waals surface area contributed by atoms with Crippen LogP contribution in [0.4, 0.5) is 0 Å². The second kappa shape index (κ2) is 7.72. The number of nitrogens with one attached hydrogen (secondary N) is 1. The molecule has 1 aliphatic heterocycles. The summed E-state index contributed by atoms with van der Waals surface area (Å²) in [6.07, 6.45) is 0.955. The largest absolute Gasteiger partial charge is 0.387 e. The van der Waals surface area contributed by atoms with Gasteiger partial charge in [-0.3, -0.25) is 9.69 Å². The number of aryl methyl sites for hydroxylation is 1. The third-order valence-electron chi connectivity index (χ3n) is 3.92. The number of hydrogen-bond donors (Lipinski definition) is 2. The molecule has 22 heavy (non-hydrogen) atoms. The van der Waals surface area contributed by atoms with Crippen LogP contribution in [-0.2, 0) is 11.2 Å². The van der Waals surface area contributed by atoms with E-state index in [-0.39, 0.29) is 12.5 Å². The third kappa shape index (κ3) is 5.09. The summed E-state index contributed by atoms with van der Waals surface area (Å²) in [5.41, 5.74) is 0.881. The highest BCUT2D eigenvalue weighted by Crippen LogP contribution is 2.09. The van der Waals surface area contributed by atoms with Gasteiger partial charge in [-0.1, -0.05) is 19.1 Å². The van der Waals surface area contributed by atoms with E-state index in [9.17, 15) is 9.90 Å². The van der Waals surface area contributed by atoms with Crippen LogP contribution >= 0.6 is 0 Å². The molecule has 0 saturated carbocycles. The monoisotopic (exact) mass is 306 g/mol. The lowest BCUT2D eigenvalue weighted by atomic mass is 10.1.